The van der Waals surface area contributed by atoms with Gasteiger partial charge in [-0.3, -0.25) is 0 Å². The van der Waals surface area contributed by atoms with Crippen molar-refractivity contribution in [2.24, 2.45) is 0 Å². The van der Waals surface area contributed by atoms with Crippen LogP contribution >= 0.6 is 18.1 Å². The van der Waals surface area contributed by atoms with Crippen LogP contribution < -0.4 is 0 Å². The minimum atomic E-state index is -6.35. The average Bonchev–Trinajstić information content (AvgIpc) is 1.25. The summed E-state index contributed by atoms with van der Waals surface area (Å²) in [7, 11) is 0.961. The van der Waals surface area contributed by atoms with Crippen molar-refractivity contribution in [3.05, 3.63) is 0 Å². The maximum atomic E-state index is 11.5. The molecule has 0 radical (unpaired) electrons. The van der Waals surface area contributed by atoms with Gasteiger partial charge in [0.1, 0.15) is 0 Å². The van der Waals surface area contributed by atoms with Crippen molar-refractivity contribution in [2.45, 2.75) is 0 Å². The van der Waals surface area contributed by atoms with E-state index < -0.39 is 13.2 Å². The van der Waals surface area contributed by atoms with Crippen molar-refractivity contribution >= 4 is 18.1 Å². The number of hydrogen-bond donors (Lipinski definition) is 0. The zero-order chi connectivity index (χ0) is 6.86. The summed E-state index contributed by atoms with van der Waals surface area (Å²) in [4.78, 5) is 0. The molecule has 0 aliphatic carbocycles. The first-order valence-electron chi connectivity index (χ1n) is 1.69. The molecule has 0 fully saturated rings. The Kier molecular flexibility index (Phi) is 2.13. The zero-order valence-corrected chi connectivity index (χ0v) is 5.72. The summed E-state index contributed by atoms with van der Waals surface area (Å²) in [5, 5.41) is 0. The van der Waals surface area contributed by atoms with Gasteiger partial charge in [0.15, 0.2) is 0 Å². The summed E-state index contributed by atoms with van der Waals surface area (Å²) < 4.78 is 38.4. The fraction of sp³-hybridized carbons (Fsp3) is 1.00. The van der Waals surface area contributed by atoms with E-state index in [0.717, 1.165) is 7.11 Å². The molecular weight excluding hydrogens is 163 g/mol. The number of rotatable bonds is 2. The second-order valence-electron chi connectivity index (χ2n) is 1.28. The molecule has 8 heavy (non-hydrogen) atoms. The van der Waals surface area contributed by atoms with Crippen LogP contribution in [0.3, 0.4) is 0 Å². The molecule has 0 aliphatic rings. The molecule has 0 bridgehead atoms. The van der Waals surface area contributed by atoms with Crippen molar-refractivity contribution in [3.8, 4) is 0 Å². The van der Waals surface area contributed by atoms with Crippen LogP contribution in [0.4, 0.5) is 12.6 Å². The van der Waals surface area contributed by atoms with Crippen molar-refractivity contribution < 1.29 is 17.3 Å². The van der Waals surface area contributed by atoms with Crippen molar-refractivity contribution in [2.75, 3.05) is 13.5 Å². The van der Waals surface area contributed by atoms with Crippen LogP contribution in [0.5, 0.6) is 0 Å². The molecule has 0 spiro atoms. The summed E-state index contributed by atoms with van der Waals surface area (Å²) in [5.74, 6) is 0. The van der Waals surface area contributed by atoms with E-state index in [2.05, 4.69) is 16.0 Å². The molecule has 6 heteroatoms. The van der Waals surface area contributed by atoms with Gasteiger partial charge in [0.25, 0.3) is 0 Å². The van der Waals surface area contributed by atoms with Gasteiger partial charge in [0.05, 0.1) is 0 Å². The van der Waals surface area contributed by atoms with Crippen LogP contribution in [0.25, 0.3) is 0 Å². The van der Waals surface area contributed by atoms with Gasteiger partial charge < -0.3 is 0 Å². The number of methoxy groups -OCH3 is 1. The topological polar surface area (TPSA) is 9.23 Å². The zero-order valence-electron chi connectivity index (χ0n) is 4.07. The molecule has 0 heterocycles. The van der Waals surface area contributed by atoms with E-state index in [1.807, 2.05) is 0 Å². The van der Waals surface area contributed by atoms with E-state index in [4.69, 9.17) is 0 Å². The molecule has 1 nitrogen and oxygen atoms in total. The quantitative estimate of drug-likeness (QED) is 0.576. The van der Waals surface area contributed by atoms with Gasteiger partial charge in [-0.2, -0.15) is 0 Å². The standard InChI is InChI=1S/C2H5ClF3OP/c1-7-2-8(3,4,5)6/h2H2,1H3. The number of hydrogen-bond acceptors (Lipinski definition) is 1. The number of halogens is 4. The molecule has 0 aromatic carbocycles. The Balaban J connectivity index is 3.73. The Morgan fingerprint density at radius 2 is 1.88 bits per heavy atom. The first-order chi connectivity index (χ1) is 3.31. The average molecular weight is 168 g/mol. The van der Waals surface area contributed by atoms with Crippen LogP contribution in [-0.2, 0) is 4.74 Å². The van der Waals surface area contributed by atoms with Gasteiger partial charge >= 0.3 is 48.9 Å². The Bertz CT molecular complexity index is 79.8. The van der Waals surface area contributed by atoms with E-state index in [-0.39, 0.29) is 0 Å². The van der Waals surface area contributed by atoms with Gasteiger partial charge in [0.2, 0.25) is 0 Å². The van der Waals surface area contributed by atoms with Gasteiger partial charge in [-0.25, -0.2) is 0 Å². The van der Waals surface area contributed by atoms with Crippen LogP contribution in [-0.4, -0.2) is 13.5 Å². The van der Waals surface area contributed by atoms with E-state index in [9.17, 15) is 12.6 Å². The molecule has 0 rings (SSSR count). The molecule has 0 saturated heterocycles. The van der Waals surface area contributed by atoms with E-state index >= 15 is 0 Å². The van der Waals surface area contributed by atoms with Crippen LogP contribution in [0.1, 0.15) is 0 Å². The third-order valence-corrected chi connectivity index (χ3v) is 1.27. The summed E-state index contributed by atoms with van der Waals surface area (Å²) in [6, 6.07) is 0. The molecular formula is C2H5ClF3OP. The molecule has 52 valence electrons. The molecule has 0 saturated carbocycles. The molecule has 0 unspecified atom stereocenters. The summed E-state index contributed by atoms with van der Waals surface area (Å²) in [5.41, 5.74) is 0. The Labute approximate surface area is 49.8 Å². The first kappa shape index (κ1) is 8.47. The van der Waals surface area contributed by atoms with E-state index in [1.54, 1.807) is 0 Å². The van der Waals surface area contributed by atoms with Crippen molar-refractivity contribution in [1.82, 2.24) is 0 Å². The van der Waals surface area contributed by atoms with Crippen LogP contribution in [0, 0.1) is 0 Å². The summed E-state index contributed by atoms with van der Waals surface area (Å²) >= 11 is 4.09. The molecule has 0 aliphatic heterocycles. The normalized spacial score (nSPS) is 17.4. The second-order valence-corrected chi connectivity index (χ2v) is 5.13. The van der Waals surface area contributed by atoms with Gasteiger partial charge in [0, 0.05) is 0 Å². The Morgan fingerprint density at radius 3 is 1.88 bits per heavy atom. The minimum absolute atomic E-state index is 0.961. The molecule has 0 N–H and O–H groups in total. The molecule has 0 amide bonds. The maximum absolute atomic E-state index is 11.5. The number of ether oxygens (including phenoxy) is 1. The molecule has 0 aromatic rings. The summed E-state index contributed by atoms with van der Waals surface area (Å²) in [6.07, 6.45) is -1.30. The van der Waals surface area contributed by atoms with Gasteiger partial charge in [-0.1, -0.05) is 0 Å². The van der Waals surface area contributed by atoms with Crippen LogP contribution in [0.15, 0.2) is 0 Å². The summed E-state index contributed by atoms with van der Waals surface area (Å²) in [6.45, 7) is -6.35. The fourth-order valence-corrected chi connectivity index (χ4v) is 0.878. The van der Waals surface area contributed by atoms with Crippen LogP contribution in [0.2, 0.25) is 0 Å². The van der Waals surface area contributed by atoms with Crippen molar-refractivity contribution in [3.63, 3.8) is 0 Å². The molecule has 0 aromatic heterocycles. The van der Waals surface area contributed by atoms with Gasteiger partial charge in [-0.05, 0) is 0 Å². The SMILES string of the molecule is COCP(F)(F)(F)Cl. The third-order valence-electron chi connectivity index (χ3n) is 0.324. The first-order valence-corrected chi connectivity index (χ1v) is 4.69. The van der Waals surface area contributed by atoms with E-state index in [0.29, 0.717) is 0 Å². The predicted molar refractivity (Wildman–Crippen MR) is 28.0 cm³/mol. The Morgan fingerprint density at radius 1 is 1.50 bits per heavy atom. The molecule has 0 atom stereocenters. The van der Waals surface area contributed by atoms with Crippen molar-refractivity contribution in [1.29, 1.82) is 0 Å². The second kappa shape index (κ2) is 2.01. The fourth-order valence-electron chi connectivity index (χ4n) is 0.195. The third kappa shape index (κ3) is 6.47. The van der Waals surface area contributed by atoms with Gasteiger partial charge in [-0.15, -0.1) is 0 Å². The predicted octanol–water partition coefficient (Wildman–Crippen LogP) is 2.95. The Hall–Kier alpha value is 0.470. The monoisotopic (exact) mass is 168 g/mol. The van der Waals surface area contributed by atoms with E-state index in [1.165, 1.54) is 0 Å².